The van der Waals surface area contributed by atoms with Gasteiger partial charge in [-0.25, -0.2) is 9.97 Å². The molecule has 2 heterocycles. The van der Waals surface area contributed by atoms with E-state index in [-0.39, 0.29) is 5.28 Å². The molecule has 0 spiro atoms. The highest BCUT2D eigenvalue weighted by Crippen LogP contribution is 2.17. The zero-order valence-electron chi connectivity index (χ0n) is 7.61. The summed E-state index contributed by atoms with van der Waals surface area (Å²) in [7, 11) is 0. The molecule has 0 atom stereocenters. The van der Waals surface area contributed by atoms with Crippen molar-refractivity contribution in [2.75, 3.05) is 0 Å². The molecule has 0 aliphatic carbocycles. The van der Waals surface area contributed by atoms with E-state index in [0.29, 0.717) is 0 Å². The van der Waals surface area contributed by atoms with Crippen molar-refractivity contribution in [2.24, 2.45) is 0 Å². The van der Waals surface area contributed by atoms with Crippen molar-refractivity contribution in [3.8, 4) is 11.3 Å². The maximum atomic E-state index is 5.76. The van der Waals surface area contributed by atoms with Gasteiger partial charge in [0.1, 0.15) is 0 Å². The highest BCUT2D eigenvalue weighted by molar-refractivity contribution is 6.28. The molecule has 0 aliphatic heterocycles. The molecular formula is C10H8ClN3. The quantitative estimate of drug-likeness (QED) is 0.672. The van der Waals surface area contributed by atoms with Gasteiger partial charge in [-0.3, -0.25) is 4.98 Å². The van der Waals surface area contributed by atoms with Gasteiger partial charge < -0.3 is 0 Å². The van der Waals surface area contributed by atoms with Crippen LogP contribution < -0.4 is 0 Å². The van der Waals surface area contributed by atoms with Crippen molar-refractivity contribution in [1.29, 1.82) is 0 Å². The van der Waals surface area contributed by atoms with Gasteiger partial charge in [0, 0.05) is 23.7 Å². The summed E-state index contributed by atoms with van der Waals surface area (Å²) >= 11 is 5.76. The molecule has 0 saturated heterocycles. The smallest absolute Gasteiger partial charge is 0.223 e. The summed E-state index contributed by atoms with van der Waals surface area (Å²) in [5.74, 6) is 0. The summed E-state index contributed by atoms with van der Waals surface area (Å²) in [5, 5.41) is 0.267. The lowest BCUT2D eigenvalue weighted by Gasteiger charge is -2.01. The number of halogens is 1. The third-order valence-electron chi connectivity index (χ3n) is 1.78. The lowest BCUT2D eigenvalue weighted by Crippen LogP contribution is -1.90. The fourth-order valence-electron chi connectivity index (χ4n) is 1.19. The molecule has 0 unspecified atom stereocenters. The number of hydrogen-bond donors (Lipinski definition) is 0. The van der Waals surface area contributed by atoms with Crippen LogP contribution in [0.3, 0.4) is 0 Å². The minimum Gasteiger partial charge on any atom is -0.264 e. The third-order valence-corrected chi connectivity index (χ3v) is 1.95. The highest BCUT2D eigenvalue weighted by atomic mass is 35.5. The normalized spacial score (nSPS) is 10.1. The maximum Gasteiger partial charge on any atom is 0.223 e. The molecular weight excluding hydrogens is 198 g/mol. The molecule has 0 aliphatic rings. The molecule has 2 rings (SSSR count). The number of pyridine rings is 1. The second-order valence-corrected chi connectivity index (χ2v) is 3.24. The van der Waals surface area contributed by atoms with Crippen molar-refractivity contribution in [2.45, 2.75) is 6.92 Å². The Hall–Kier alpha value is -1.48. The molecule has 0 N–H and O–H groups in total. The highest BCUT2D eigenvalue weighted by Gasteiger charge is 2.02. The molecule has 3 nitrogen and oxygen atoms in total. The molecule has 0 aromatic carbocycles. The third kappa shape index (κ3) is 1.88. The number of rotatable bonds is 1. The summed E-state index contributed by atoms with van der Waals surface area (Å²) in [6.07, 6.45) is 3.47. The fourth-order valence-corrected chi connectivity index (χ4v) is 1.42. The van der Waals surface area contributed by atoms with Crippen LogP contribution in [0.1, 0.15) is 5.69 Å². The summed E-state index contributed by atoms with van der Waals surface area (Å²) in [6, 6.07) is 5.68. The molecule has 0 fully saturated rings. The van der Waals surface area contributed by atoms with Crippen molar-refractivity contribution < 1.29 is 0 Å². The van der Waals surface area contributed by atoms with Gasteiger partial charge in [0.15, 0.2) is 0 Å². The Morgan fingerprint density at radius 1 is 1.29 bits per heavy atom. The van der Waals surface area contributed by atoms with Crippen molar-refractivity contribution in [3.05, 3.63) is 41.6 Å². The van der Waals surface area contributed by atoms with E-state index in [4.69, 9.17) is 11.6 Å². The van der Waals surface area contributed by atoms with E-state index in [1.807, 2.05) is 25.1 Å². The second kappa shape index (κ2) is 3.72. The standard InChI is InChI=1S/C10H8ClN3/c1-7-5-9(14-10(11)13-7)8-3-2-4-12-6-8/h2-6H,1H3. The number of hydrogen-bond acceptors (Lipinski definition) is 3. The van der Waals surface area contributed by atoms with Crippen LogP contribution in [0.5, 0.6) is 0 Å². The predicted molar refractivity (Wildman–Crippen MR) is 55.0 cm³/mol. The van der Waals surface area contributed by atoms with Crippen LogP contribution in [-0.2, 0) is 0 Å². The van der Waals surface area contributed by atoms with Gasteiger partial charge in [-0.1, -0.05) is 0 Å². The molecule has 14 heavy (non-hydrogen) atoms. The van der Waals surface area contributed by atoms with Gasteiger partial charge in [-0.15, -0.1) is 0 Å². The lowest BCUT2D eigenvalue weighted by molar-refractivity contribution is 1.10. The van der Waals surface area contributed by atoms with Gasteiger partial charge in [-0.2, -0.15) is 0 Å². The van der Waals surface area contributed by atoms with Crippen LogP contribution in [0.15, 0.2) is 30.6 Å². The number of nitrogens with zero attached hydrogens (tertiary/aromatic N) is 3. The van der Waals surface area contributed by atoms with Crippen LogP contribution >= 0.6 is 11.6 Å². The summed E-state index contributed by atoms with van der Waals surface area (Å²) in [5.41, 5.74) is 2.60. The lowest BCUT2D eigenvalue weighted by atomic mass is 10.2. The van der Waals surface area contributed by atoms with E-state index in [0.717, 1.165) is 17.0 Å². The molecule has 2 aromatic rings. The van der Waals surface area contributed by atoms with E-state index in [1.54, 1.807) is 12.4 Å². The van der Waals surface area contributed by atoms with Gasteiger partial charge in [-0.05, 0) is 36.7 Å². The Bertz CT molecular complexity index is 422. The van der Waals surface area contributed by atoms with Crippen molar-refractivity contribution in [3.63, 3.8) is 0 Å². The van der Waals surface area contributed by atoms with E-state index in [2.05, 4.69) is 15.0 Å². The van der Waals surface area contributed by atoms with Crippen LogP contribution in [0, 0.1) is 6.92 Å². The van der Waals surface area contributed by atoms with E-state index in [9.17, 15) is 0 Å². The summed E-state index contributed by atoms with van der Waals surface area (Å²) in [6.45, 7) is 1.88. The van der Waals surface area contributed by atoms with Gasteiger partial charge in [0.05, 0.1) is 5.69 Å². The van der Waals surface area contributed by atoms with Crippen LogP contribution in [0.25, 0.3) is 11.3 Å². The van der Waals surface area contributed by atoms with E-state index in [1.165, 1.54) is 0 Å². The maximum absolute atomic E-state index is 5.76. The first-order valence-corrected chi connectivity index (χ1v) is 4.55. The van der Waals surface area contributed by atoms with Gasteiger partial charge in [0.25, 0.3) is 0 Å². The van der Waals surface area contributed by atoms with Crippen LogP contribution in [0.2, 0.25) is 5.28 Å². The van der Waals surface area contributed by atoms with E-state index >= 15 is 0 Å². The molecule has 0 amide bonds. The molecule has 0 bridgehead atoms. The zero-order chi connectivity index (χ0) is 9.97. The summed E-state index contributed by atoms with van der Waals surface area (Å²) < 4.78 is 0. The first kappa shape index (κ1) is 9.09. The van der Waals surface area contributed by atoms with E-state index < -0.39 is 0 Å². The SMILES string of the molecule is Cc1cc(-c2cccnc2)nc(Cl)n1. The van der Waals surface area contributed by atoms with Gasteiger partial charge in [0.2, 0.25) is 5.28 Å². The molecule has 0 radical (unpaired) electrons. The Labute approximate surface area is 86.8 Å². The first-order valence-electron chi connectivity index (χ1n) is 4.17. The molecule has 70 valence electrons. The monoisotopic (exact) mass is 205 g/mol. The average Bonchev–Trinajstić information content (AvgIpc) is 2.18. The topological polar surface area (TPSA) is 38.7 Å². The largest absolute Gasteiger partial charge is 0.264 e. The minimum absolute atomic E-state index is 0.267. The van der Waals surface area contributed by atoms with Crippen LogP contribution in [-0.4, -0.2) is 15.0 Å². The van der Waals surface area contributed by atoms with Gasteiger partial charge >= 0.3 is 0 Å². The average molecular weight is 206 g/mol. The second-order valence-electron chi connectivity index (χ2n) is 2.91. The Morgan fingerprint density at radius 3 is 2.79 bits per heavy atom. The van der Waals surface area contributed by atoms with Crippen molar-refractivity contribution in [1.82, 2.24) is 15.0 Å². The molecule has 4 heteroatoms. The summed E-state index contributed by atoms with van der Waals surface area (Å²) in [4.78, 5) is 12.1. The number of aryl methyl sites for hydroxylation is 1. The zero-order valence-corrected chi connectivity index (χ0v) is 8.36. The Balaban J connectivity index is 2.52. The number of aromatic nitrogens is 3. The van der Waals surface area contributed by atoms with Crippen LogP contribution in [0.4, 0.5) is 0 Å². The minimum atomic E-state index is 0.267. The predicted octanol–water partition coefficient (Wildman–Crippen LogP) is 2.50. The molecule has 2 aromatic heterocycles. The molecule has 0 saturated carbocycles. The van der Waals surface area contributed by atoms with Crippen molar-refractivity contribution >= 4 is 11.6 Å². The first-order chi connectivity index (χ1) is 6.75. The Morgan fingerprint density at radius 2 is 2.14 bits per heavy atom. The fraction of sp³-hybridized carbons (Fsp3) is 0.100. The Kier molecular flexibility index (Phi) is 2.41.